The number of hydrogen-bond acceptors (Lipinski definition) is 2. The van der Waals surface area contributed by atoms with Crippen LogP contribution >= 0.6 is 27.5 Å². The van der Waals surface area contributed by atoms with Gasteiger partial charge in [0, 0.05) is 16.9 Å². The Morgan fingerprint density at radius 3 is 2.78 bits per heavy atom. The topological polar surface area (TPSA) is 54.9 Å². The predicted molar refractivity (Wildman–Crippen MR) is 76.9 cm³/mol. The van der Waals surface area contributed by atoms with Crippen LogP contribution in [-0.2, 0) is 6.54 Å². The molecule has 0 saturated carbocycles. The molecule has 4 nitrogen and oxygen atoms in total. The number of aryl methyl sites for hydroxylation is 1. The highest BCUT2D eigenvalue weighted by atomic mass is 79.9. The van der Waals surface area contributed by atoms with Crippen molar-refractivity contribution in [1.82, 2.24) is 9.55 Å². The Morgan fingerprint density at radius 2 is 2.06 bits per heavy atom. The van der Waals surface area contributed by atoms with Gasteiger partial charge in [-0.25, -0.2) is 4.79 Å². The van der Waals surface area contributed by atoms with Crippen molar-refractivity contribution in [3.05, 3.63) is 44.1 Å². The van der Waals surface area contributed by atoms with E-state index in [0.717, 1.165) is 18.2 Å². The van der Waals surface area contributed by atoms with Crippen LogP contribution in [0, 0.1) is 0 Å². The van der Waals surface area contributed by atoms with Crippen LogP contribution in [0.2, 0.25) is 5.02 Å². The number of hydrogen-bond donors (Lipinski definition) is 1. The number of nitrogens with one attached hydrogen (secondary N) is 1. The molecule has 1 aromatic carbocycles. The van der Waals surface area contributed by atoms with E-state index < -0.39 is 0 Å². The summed E-state index contributed by atoms with van der Waals surface area (Å²) in [6, 6.07) is 4.94. The second-order valence-corrected chi connectivity index (χ2v) is 5.20. The zero-order valence-corrected chi connectivity index (χ0v) is 11.9. The summed E-state index contributed by atoms with van der Waals surface area (Å²) in [6.45, 7) is 0.568. The molecule has 0 saturated heterocycles. The van der Waals surface area contributed by atoms with Gasteiger partial charge in [-0.05, 0) is 31.0 Å². The minimum Gasteiger partial charge on any atom is -0.293 e. The number of aromatic amines is 1. The first-order valence-electron chi connectivity index (χ1n) is 5.62. The third-order valence-electron chi connectivity index (χ3n) is 2.73. The molecule has 2 aromatic rings. The highest BCUT2D eigenvalue weighted by Gasteiger charge is 2.07. The van der Waals surface area contributed by atoms with E-state index in [1.54, 1.807) is 22.8 Å². The third-order valence-corrected chi connectivity index (χ3v) is 3.52. The molecule has 0 atom stereocenters. The molecule has 2 rings (SSSR count). The number of alkyl halides is 1. The van der Waals surface area contributed by atoms with Gasteiger partial charge in [0.1, 0.15) is 0 Å². The number of nitrogens with zero attached hydrogens (tertiary/aromatic N) is 1. The Labute approximate surface area is 117 Å². The largest absolute Gasteiger partial charge is 0.328 e. The Balaban J connectivity index is 2.59. The van der Waals surface area contributed by atoms with Crippen molar-refractivity contribution >= 4 is 38.4 Å². The van der Waals surface area contributed by atoms with E-state index in [1.165, 1.54) is 0 Å². The Hall–Kier alpha value is -1.07. The van der Waals surface area contributed by atoms with Crippen molar-refractivity contribution < 1.29 is 0 Å². The molecule has 1 aromatic heterocycles. The van der Waals surface area contributed by atoms with Gasteiger partial charge in [0.2, 0.25) is 0 Å². The van der Waals surface area contributed by atoms with Crippen molar-refractivity contribution in [1.29, 1.82) is 0 Å². The Bertz CT molecular complexity index is 678. The van der Waals surface area contributed by atoms with Crippen molar-refractivity contribution in [3.8, 4) is 0 Å². The molecule has 6 heteroatoms. The summed E-state index contributed by atoms with van der Waals surface area (Å²) in [5.74, 6) is 0. The van der Waals surface area contributed by atoms with Gasteiger partial charge >= 0.3 is 5.69 Å². The molecule has 0 aliphatic rings. The minimum atomic E-state index is -0.385. The van der Waals surface area contributed by atoms with E-state index in [9.17, 15) is 9.59 Å². The lowest BCUT2D eigenvalue weighted by atomic mass is 10.2. The van der Waals surface area contributed by atoms with Crippen LogP contribution < -0.4 is 11.2 Å². The SMILES string of the molecule is O=c1[nH]c(=O)n(CCCCBr)c2cc(Cl)ccc12. The van der Waals surface area contributed by atoms with Crippen molar-refractivity contribution in [2.24, 2.45) is 0 Å². The zero-order valence-electron chi connectivity index (χ0n) is 9.58. The molecule has 0 bridgehead atoms. The van der Waals surface area contributed by atoms with Crippen molar-refractivity contribution in [2.45, 2.75) is 19.4 Å². The maximum atomic E-state index is 11.8. The van der Waals surface area contributed by atoms with Crippen LogP contribution in [0.15, 0.2) is 27.8 Å². The number of rotatable bonds is 4. The van der Waals surface area contributed by atoms with E-state index >= 15 is 0 Å². The maximum Gasteiger partial charge on any atom is 0.328 e. The second-order valence-electron chi connectivity index (χ2n) is 3.97. The van der Waals surface area contributed by atoms with Gasteiger partial charge in [-0.3, -0.25) is 14.3 Å². The lowest BCUT2D eigenvalue weighted by Crippen LogP contribution is -2.30. The summed E-state index contributed by atoms with van der Waals surface area (Å²) in [7, 11) is 0. The number of aromatic nitrogens is 2. The Morgan fingerprint density at radius 1 is 1.28 bits per heavy atom. The van der Waals surface area contributed by atoms with Gasteiger partial charge in [0.25, 0.3) is 5.56 Å². The average Bonchev–Trinajstić information content (AvgIpc) is 2.33. The van der Waals surface area contributed by atoms with Crippen LogP contribution in [0.5, 0.6) is 0 Å². The standard InChI is InChI=1S/C12H12BrClN2O2/c13-5-1-2-6-16-10-7-8(14)3-4-9(10)11(17)15-12(16)18/h3-4,7H,1-2,5-6H2,(H,15,17,18). The average molecular weight is 332 g/mol. The van der Waals surface area contributed by atoms with E-state index in [1.807, 2.05) is 0 Å². The normalized spacial score (nSPS) is 11.0. The molecule has 96 valence electrons. The van der Waals surface area contributed by atoms with Crippen LogP contribution in [0.3, 0.4) is 0 Å². The van der Waals surface area contributed by atoms with Crippen LogP contribution in [0.25, 0.3) is 10.9 Å². The smallest absolute Gasteiger partial charge is 0.293 e. The second kappa shape index (κ2) is 5.71. The van der Waals surface area contributed by atoms with Gasteiger partial charge in [-0.1, -0.05) is 27.5 Å². The van der Waals surface area contributed by atoms with E-state index in [-0.39, 0.29) is 11.2 Å². The van der Waals surface area contributed by atoms with Crippen molar-refractivity contribution in [3.63, 3.8) is 0 Å². The fourth-order valence-corrected chi connectivity index (χ4v) is 2.41. The molecule has 18 heavy (non-hydrogen) atoms. The van der Waals surface area contributed by atoms with Crippen LogP contribution in [-0.4, -0.2) is 14.9 Å². The predicted octanol–water partition coefficient (Wildman–Crippen LogP) is 2.52. The molecule has 0 aliphatic carbocycles. The maximum absolute atomic E-state index is 11.8. The van der Waals surface area contributed by atoms with E-state index in [0.29, 0.717) is 22.5 Å². The highest BCUT2D eigenvalue weighted by molar-refractivity contribution is 9.09. The minimum absolute atomic E-state index is 0.372. The number of benzene rings is 1. The number of H-pyrrole nitrogens is 1. The summed E-state index contributed by atoms with van der Waals surface area (Å²) in [5.41, 5.74) is -0.168. The number of fused-ring (bicyclic) bond motifs is 1. The van der Waals surface area contributed by atoms with Crippen LogP contribution in [0.1, 0.15) is 12.8 Å². The number of halogens is 2. The molecule has 0 amide bonds. The monoisotopic (exact) mass is 330 g/mol. The Kier molecular flexibility index (Phi) is 4.24. The molecule has 0 radical (unpaired) electrons. The lowest BCUT2D eigenvalue weighted by molar-refractivity contribution is 0.621. The first-order chi connectivity index (χ1) is 8.63. The van der Waals surface area contributed by atoms with Gasteiger partial charge < -0.3 is 0 Å². The summed E-state index contributed by atoms with van der Waals surface area (Å²) in [6.07, 6.45) is 1.83. The molecule has 0 unspecified atom stereocenters. The van der Waals surface area contributed by atoms with Gasteiger partial charge in [0.05, 0.1) is 10.9 Å². The van der Waals surface area contributed by atoms with E-state index in [2.05, 4.69) is 20.9 Å². The van der Waals surface area contributed by atoms with Gasteiger partial charge in [0.15, 0.2) is 0 Å². The zero-order chi connectivity index (χ0) is 13.1. The molecular weight excluding hydrogens is 320 g/mol. The summed E-state index contributed by atoms with van der Waals surface area (Å²) >= 11 is 9.27. The number of unbranched alkanes of at least 4 members (excludes halogenated alkanes) is 1. The summed E-state index contributed by atoms with van der Waals surface area (Å²) in [5, 5.41) is 1.89. The summed E-state index contributed by atoms with van der Waals surface area (Å²) in [4.78, 5) is 25.8. The summed E-state index contributed by atoms with van der Waals surface area (Å²) < 4.78 is 1.56. The third kappa shape index (κ3) is 2.67. The molecule has 1 N–H and O–H groups in total. The van der Waals surface area contributed by atoms with Crippen molar-refractivity contribution in [2.75, 3.05) is 5.33 Å². The molecule has 0 fully saturated rings. The lowest BCUT2D eigenvalue weighted by Gasteiger charge is -2.09. The van der Waals surface area contributed by atoms with Gasteiger partial charge in [-0.15, -0.1) is 0 Å². The molecule has 0 aliphatic heterocycles. The quantitative estimate of drug-likeness (QED) is 0.691. The molecular formula is C12H12BrClN2O2. The molecule has 1 heterocycles. The fourth-order valence-electron chi connectivity index (χ4n) is 1.85. The fraction of sp³-hybridized carbons (Fsp3) is 0.333. The van der Waals surface area contributed by atoms with Gasteiger partial charge in [-0.2, -0.15) is 0 Å². The van der Waals surface area contributed by atoms with E-state index in [4.69, 9.17) is 11.6 Å². The van der Waals surface area contributed by atoms with Crippen LogP contribution in [0.4, 0.5) is 0 Å². The highest BCUT2D eigenvalue weighted by Crippen LogP contribution is 2.15. The molecule has 0 spiro atoms. The first kappa shape index (κ1) is 13.4. The first-order valence-corrected chi connectivity index (χ1v) is 7.12.